The second-order valence-electron chi connectivity index (χ2n) is 3.96. The first-order valence-corrected chi connectivity index (χ1v) is 7.04. The van der Waals surface area contributed by atoms with Crippen LogP contribution in [0.3, 0.4) is 0 Å². The van der Waals surface area contributed by atoms with Crippen molar-refractivity contribution < 1.29 is 37.6 Å². The number of carbonyl (C=O) groups excluding carboxylic acids is 1. The van der Waals surface area contributed by atoms with E-state index in [0.717, 1.165) is 12.1 Å². The van der Waals surface area contributed by atoms with E-state index in [1.54, 1.807) is 0 Å². The van der Waals surface area contributed by atoms with Gasteiger partial charge in [0.2, 0.25) is 0 Å². The number of nitrogens with one attached hydrogen (secondary N) is 1. The van der Waals surface area contributed by atoms with Gasteiger partial charge in [0.05, 0.1) is 11.1 Å². The molecular weight excluding hydrogens is 306 g/mol. The van der Waals surface area contributed by atoms with Gasteiger partial charge in [0.1, 0.15) is 11.8 Å². The minimum absolute atomic E-state index is 0.327. The minimum atomic E-state index is -4.63. The largest absolute Gasteiger partial charge is 0.480 e. The van der Waals surface area contributed by atoms with E-state index in [1.165, 1.54) is 12.1 Å². The first-order valence-electron chi connectivity index (χ1n) is 5.43. The smallest absolute Gasteiger partial charge is 0.336 e. The second-order valence-corrected chi connectivity index (χ2v) is 5.46. The molecule has 1 atom stereocenters. The zero-order chi connectivity index (χ0) is 16.2. The van der Waals surface area contributed by atoms with Gasteiger partial charge in [0, 0.05) is 0 Å². The third kappa shape index (κ3) is 4.85. The van der Waals surface area contributed by atoms with Crippen molar-refractivity contribution in [3.63, 3.8) is 0 Å². The first-order chi connectivity index (χ1) is 9.61. The maximum absolute atomic E-state index is 11.9. The van der Waals surface area contributed by atoms with Crippen LogP contribution in [0, 0.1) is 0 Å². The Balaban J connectivity index is 3.03. The van der Waals surface area contributed by atoms with Gasteiger partial charge in [0.25, 0.3) is 16.0 Å². The maximum Gasteiger partial charge on any atom is 0.336 e. The lowest BCUT2D eigenvalue weighted by molar-refractivity contribution is -0.138. The van der Waals surface area contributed by atoms with Crippen LogP contribution in [-0.2, 0) is 14.9 Å². The number of carboxylic acid groups (broad SMARTS) is 2. The quantitative estimate of drug-likeness (QED) is 0.509. The summed E-state index contributed by atoms with van der Waals surface area (Å²) in [6.07, 6.45) is 0. The number of amides is 1. The van der Waals surface area contributed by atoms with Gasteiger partial charge in [-0.05, 0) is 12.1 Å². The lowest BCUT2D eigenvalue weighted by Gasteiger charge is -2.13. The first kappa shape index (κ1) is 16.6. The number of aliphatic carboxylic acids is 1. The average molecular weight is 317 g/mol. The van der Waals surface area contributed by atoms with Gasteiger partial charge >= 0.3 is 11.9 Å². The molecule has 1 amide bonds. The van der Waals surface area contributed by atoms with Crippen molar-refractivity contribution in [1.29, 1.82) is 0 Å². The third-order valence-corrected chi connectivity index (χ3v) is 3.14. The van der Waals surface area contributed by atoms with E-state index in [9.17, 15) is 22.8 Å². The molecule has 0 saturated carbocycles. The Morgan fingerprint density at radius 1 is 1.10 bits per heavy atom. The third-order valence-electron chi connectivity index (χ3n) is 2.38. The van der Waals surface area contributed by atoms with Gasteiger partial charge < -0.3 is 15.5 Å². The SMILES string of the molecule is O=C(O)c1ccccc1C(=O)NC(CS(=O)(=O)O)C(=O)O. The summed E-state index contributed by atoms with van der Waals surface area (Å²) >= 11 is 0. The number of benzene rings is 1. The van der Waals surface area contributed by atoms with E-state index in [-0.39, 0.29) is 11.1 Å². The molecule has 21 heavy (non-hydrogen) atoms. The van der Waals surface area contributed by atoms with Crippen molar-refractivity contribution in [3.8, 4) is 0 Å². The number of carbonyl (C=O) groups is 3. The van der Waals surface area contributed by atoms with Gasteiger partial charge in [-0.15, -0.1) is 0 Å². The van der Waals surface area contributed by atoms with Crippen molar-refractivity contribution in [2.75, 3.05) is 5.75 Å². The van der Waals surface area contributed by atoms with Gasteiger partial charge in [-0.1, -0.05) is 12.1 Å². The van der Waals surface area contributed by atoms with Crippen molar-refractivity contribution in [1.82, 2.24) is 5.32 Å². The zero-order valence-electron chi connectivity index (χ0n) is 10.4. The van der Waals surface area contributed by atoms with E-state index >= 15 is 0 Å². The monoisotopic (exact) mass is 317 g/mol. The normalized spacial score (nSPS) is 12.4. The fourth-order valence-electron chi connectivity index (χ4n) is 1.49. The van der Waals surface area contributed by atoms with Gasteiger partial charge in [-0.25, -0.2) is 9.59 Å². The molecule has 1 aromatic carbocycles. The van der Waals surface area contributed by atoms with Gasteiger partial charge in [-0.2, -0.15) is 8.42 Å². The average Bonchev–Trinajstić information content (AvgIpc) is 2.36. The lowest BCUT2D eigenvalue weighted by atomic mass is 10.1. The number of carboxylic acids is 2. The number of hydrogen-bond donors (Lipinski definition) is 4. The van der Waals surface area contributed by atoms with Crippen LogP contribution in [0.4, 0.5) is 0 Å². The Hall–Kier alpha value is -2.46. The molecule has 0 fully saturated rings. The van der Waals surface area contributed by atoms with Crippen molar-refractivity contribution in [2.45, 2.75) is 6.04 Å². The number of rotatable bonds is 6. The second kappa shape index (κ2) is 6.33. The molecule has 0 bridgehead atoms. The Bertz CT molecular complexity index is 681. The van der Waals surface area contributed by atoms with Crippen LogP contribution in [0.25, 0.3) is 0 Å². The van der Waals surface area contributed by atoms with Crippen LogP contribution in [0.15, 0.2) is 24.3 Å². The molecule has 0 aliphatic carbocycles. The highest BCUT2D eigenvalue weighted by Crippen LogP contribution is 2.09. The summed E-state index contributed by atoms with van der Waals surface area (Å²) in [5, 5.41) is 19.6. The van der Waals surface area contributed by atoms with E-state index in [1.807, 2.05) is 5.32 Å². The molecule has 0 heterocycles. The summed E-state index contributed by atoms with van der Waals surface area (Å²) in [4.78, 5) is 33.7. The van der Waals surface area contributed by atoms with E-state index in [0.29, 0.717) is 0 Å². The molecule has 0 aliphatic heterocycles. The highest BCUT2D eigenvalue weighted by atomic mass is 32.2. The Morgan fingerprint density at radius 3 is 2.05 bits per heavy atom. The lowest BCUT2D eigenvalue weighted by Crippen LogP contribution is -2.45. The minimum Gasteiger partial charge on any atom is -0.480 e. The van der Waals surface area contributed by atoms with Crippen molar-refractivity contribution in [2.24, 2.45) is 0 Å². The molecule has 0 aliphatic rings. The molecule has 4 N–H and O–H groups in total. The van der Waals surface area contributed by atoms with Gasteiger partial charge in [-0.3, -0.25) is 9.35 Å². The fraction of sp³-hybridized carbons (Fsp3) is 0.182. The van der Waals surface area contributed by atoms with Crippen molar-refractivity contribution in [3.05, 3.63) is 35.4 Å². The van der Waals surface area contributed by atoms with Crippen LogP contribution < -0.4 is 5.32 Å². The molecule has 0 saturated heterocycles. The predicted molar refractivity (Wildman–Crippen MR) is 68.7 cm³/mol. The summed E-state index contributed by atoms with van der Waals surface area (Å²) in [6, 6.07) is 3.10. The molecule has 1 unspecified atom stereocenters. The van der Waals surface area contributed by atoms with Crippen LogP contribution in [0.5, 0.6) is 0 Å². The molecule has 0 radical (unpaired) electrons. The Morgan fingerprint density at radius 2 is 1.62 bits per heavy atom. The molecule has 0 spiro atoms. The topological polar surface area (TPSA) is 158 Å². The molecule has 9 nitrogen and oxygen atoms in total. The molecule has 0 aromatic heterocycles. The van der Waals surface area contributed by atoms with E-state index in [2.05, 4.69) is 0 Å². The van der Waals surface area contributed by atoms with Crippen LogP contribution >= 0.6 is 0 Å². The van der Waals surface area contributed by atoms with Crippen LogP contribution in [-0.4, -0.2) is 52.8 Å². The Kier molecular flexibility index (Phi) is 5.00. The molecule has 10 heteroatoms. The summed E-state index contributed by atoms with van der Waals surface area (Å²) in [6.45, 7) is 0. The molecular formula is C11H11NO8S. The molecule has 114 valence electrons. The van der Waals surface area contributed by atoms with Crippen molar-refractivity contribution >= 4 is 28.0 Å². The summed E-state index contributed by atoms with van der Waals surface area (Å²) in [5.74, 6) is -5.40. The number of aromatic carboxylic acids is 1. The standard InChI is InChI=1S/C11H11NO8S/c13-9(6-3-1-2-4-7(6)10(14)15)12-8(11(16)17)5-21(18,19)20/h1-4,8H,5H2,(H,12,13)(H,14,15)(H,16,17)(H,18,19,20). The Labute approximate surface area is 119 Å². The summed E-state index contributed by atoms with van der Waals surface area (Å²) < 4.78 is 30.0. The maximum atomic E-state index is 11.9. The molecule has 1 aromatic rings. The highest BCUT2D eigenvalue weighted by molar-refractivity contribution is 7.85. The fourth-order valence-corrected chi connectivity index (χ4v) is 2.14. The predicted octanol–water partition coefficient (Wildman–Crippen LogP) is -0.544. The summed E-state index contributed by atoms with van der Waals surface area (Å²) in [5.41, 5.74) is -0.697. The highest BCUT2D eigenvalue weighted by Gasteiger charge is 2.27. The van der Waals surface area contributed by atoms with Gasteiger partial charge in [0.15, 0.2) is 0 Å². The molecule has 1 rings (SSSR count). The van der Waals surface area contributed by atoms with E-state index < -0.39 is 39.8 Å². The van der Waals surface area contributed by atoms with Crippen LogP contribution in [0.1, 0.15) is 20.7 Å². The number of hydrogen-bond acceptors (Lipinski definition) is 5. The summed E-state index contributed by atoms with van der Waals surface area (Å²) in [7, 11) is -4.63. The van der Waals surface area contributed by atoms with E-state index in [4.69, 9.17) is 14.8 Å². The zero-order valence-corrected chi connectivity index (χ0v) is 11.2. The van der Waals surface area contributed by atoms with Crippen LogP contribution in [0.2, 0.25) is 0 Å².